The highest BCUT2D eigenvalue weighted by atomic mass is 35.5. The van der Waals surface area contributed by atoms with Crippen LogP contribution in [-0.2, 0) is 19.2 Å². The fourth-order valence-corrected chi connectivity index (χ4v) is 4.40. The van der Waals surface area contributed by atoms with E-state index < -0.39 is 78.3 Å². The molecule has 0 spiro atoms. The molecule has 0 aliphatic rings. The quantitative estimate of drug-likeness (QED) is 0.188. The zero-order valence-corrected chi connectivity index (χ0v) is 25.9. The number of ketones is 2. The number of halogens is 7. The van der Waals surface area contributed by atoms with Crippen molar-refractivity contribution in [3.63, 3.8) is 0 Å². The summed E-state index contributed by atoms with van der Waals surface area (Å²) in [5.74, 6) is -14.5. The molecule has 3 atom stereocenters. The van der Waals surface area contributed by atoms with E-state index in [1.165, 1.54) is 70.3 Å². The number of hydrogen-bond donors (Lipinski definition) is 3. The third-order valence-corrected chi connectivity index (χ3v) is 7.14. The molecule has 0 aliphatic carbocycles. The van der Waals surface area contributed by atoms with E-state index in [1.54, 1.807) is 0 Å². The maximum absolute atomic E-state index is 14.7. The molecule has 3 amide bonds. The fourth-order valence-electron chi connectivity index (χ4n) is 4.03. The molecule has 0 bridgehead atoms. The smallest absolute Gasteiger partial charge is 0.405 e. The van der Waals surface area contributed by atoms with Gasteiger partial charge in [-0.3, -0.25) is 24.0 Å². The van der Waals surface area contributed by atoms with Crippen LogP contribution in [-0.4, -0.2) is 61.1 Å². The summed E-state index contributed by atoms with van der Waals surface area (Å²) in [7, 11) is 1.37. The molecule has 0 unspecified atom stereocenters. The van der Waals surface area contributed by atoms with Gasteiger partial charge in [-0.1, -0.05) is 49.2 Å². The number of benzene rings is 2. The van der Waals surface area contributed by atoms with E-state index in [4.69, 9.17) is 27.9 Å². The van der Waals surface area contributed by atoms with Crippen LogP contribution < -0.4 is 20.7 Å². The van der Waals surface area contributed by atoms with Crippen LogP contribution in [0.1, 0.15) is 49.2 Å². The van der Waals surface area contributed by atoms with E-state index >= 15 is 0 Å². The predicted octanol–water partition coefficient (Wildman–Crippen LogP) is 5.09. The van der Waals surface area contributed by atoms with Gasteiger partial charge < -0.3 is 20.7 Å². The standard InChI is InChI=1S/C29H30Cl2F5N3O6/c1-14(2)19(24(41)29(35,36)27(44)37-13-28(32,33)34)12-22(40)23(16-5-8-18(45-4)9-6-16)39-25(42)15(3)38-26(43)20-11-17(30)7-10-21(20)31/h5-11,14-15,19,23H,12-13H2,1-4H3,(H,37,44)(H,38,43)(H,39,42)/t15-,19-,23-/m0/s1. The molecule has 2 rings (SSSR count). The summed E-state index contributed by atoms with van der Waals surface area (Å²) in [4.78, 5) is 64.0. The van der Waals surface area contributed by atoms with E-state index in [-0.39, 0.29) is 21.2 Å². The van der Waals surface area contributed by atoms with Crippen molar-refractivity contribution in [1.29, 1.82) is 0 Å². The number of alkyl halides is 5. The van der Waals surface area contributed by atoms with Gasteiger partial charge in [0.05, 0.1) is 17.7 Å². The first kappa shape index (κ1) is 37.4. The lowest BCUT2D eigenvalue weighted by molar-refractivity contribution is -0.167. The summed E-state index contributed by atoms with van der Waals surface area (Å²) >= 11 is 12.0. The zero-order chi connectivity index (χ0) is 34.3. The molecule has 0 fully saturated rings. The molecule has 0 heterocycles. The monoisotopic (exact) mass is 681 g/mol. The highest BCUT2D eigenvalue weighted by Crippen LogP contribution is 2.30. The number of Topliss-reactive ketones (excluding diaryl/α,β-unsaturated/α-hetero) is 2. The van der Waals surface area contributed by atoms with Crippen molar-refractivity contribution in [1.82, 2.24) is 16.0 Å². The van der Waals surface area contributed by atoms with Crippen LogP contribution in [0, 0.1) is 11.8 Å². The first-order valence-electron chi connectivity index (χ1n) is 13.3. The fraction of sp³-hybridized carbons (Fsp3) is 0.414. The second kappa shape index (κ2) is 15.5. The Kier molecular flexibility index (Phi) is 12.9. The van der Waals surface area contributed by atoms with Gasteiger partial charge in [-0.2, -0.15) is 22.0 Å². The summed E-state index contributed by atoms with van der Waals surface area (Å²) < 4.78 is 71.8. The van der Waals surface area contributed by atoms with Crippen LogP contribution in [0.2, 0.25) is 10.0 Å². The van der Waals surface area contributed by atoms with Gasteiger partial charge in [0.25, 0.3) is 11.8 Å². The van der Waals surface area contributed by atoms with Gasteiger partial charge >= 0.3 is 12.1 Å². The Labute approximate surface area is 265 Å². The first-order valence-corrected chi connectivity index (χ1v) is 14.0. The van der Waals surface area contributed by atoms with Gasteiger partial charge in [0, 0.05) is 17.4 Å². The van der Waals surface area contributed by atoms with Crippen molar-refractivity contribution in [3.05, 3.63) is 63.6 Å². The maximum Gasteiger partial charge on any atom is 0.405 e. The minimum atomic E-state index is -5.01. The molecular formula is C29H30Cl2F5N3O6. The Morgan fingerprint density at radius 2 is 1.49 bits per heavy atom. The minimum absolute atomic E-state index is 0.0370. The molecule has 0 radical (unpaired) electrons. The lowest BCUT2D eigenvalue weighted by atomic mass is 9.82. The Balaban J connectivity index is 2.33. The molecule has 0 saturated heterocycles. The van der Waals surface area contributed by atoms with Gasteiger partial charge in [0.15, 0.2) is 5.78 Å². The first-order chi connectivity index (χ1) is 20.8. The maximum atomic E-state index is 14.7. The average Bonchev–Trinajstić information content (AvgIpc) is 2.97. The highest BCUT2D eigenvalue weighted by molar-refractivity contribution is 6.35. The molecule has 16 heteroatoms. The van der Waals surface area contributed by atoms with Crippen LogP contribution in [0.4, 0.5) is 22.0 Å². The van der Waals surface area contributed by atoms with Crippen LogP contribution in [0.15, 0.2) is 42.5 Å². The lowest BCUT2D eigenvalue weighted by Crippen LogP contribution is -2.52. The Morgan fingerprint density at radius 3 is 2.02 bits per heavy atom. The molecule has 45 heavy (non-hydrogen) atoms. The van der Waals surface area contributed by atoms with Crippen LogP contribution >= 0.6 is 23.2 Å². The molecule has 0 saturated carbocycles. The highest BCUT2D eigenvalue weighted by Gasteiger charge is 2.51. The normalized spacial score (nSPS) is 13.8. The topological polar surface area (TPSA) is 131 Å². The SMILES string of the molecule is COc1ccc([C@H](NC(=O)[C@H](C)NC(=O)c2cc(Cl)ccc2Cl)C(=O)C[C@H](C(=O)C(F)(F)C(=O)NCC(F)(F)F)C(C)C)cc1. The van der Waals surface area contributed by atoms with Gasteiger partial charge in [-0.15, -0.1) is 0 Å². The van der Waals surface area contributed by atoms with Crippen molar-refractivity contribution >= 4 is 52.5 Å². The molecule has 2 aromatic carbocycles. The number of carbonyl (C=O) groups excluding carboxylic acids is 5. The summed E-state index contributed by atoms with van der Waals surface area (Å²) in [6.07, 6.45) is -5.93. The number of ether oxygens (including phenoxy) is 1. The van der Waals surface area contributed by atoms with Gasteiger partial charge in [-0.05, 0) is 48.7 Å². The second-order valence-electron chi connectivity index (χ2n) is 10.3. The molecule has 0 aliphatic heterocycles. The predicted molar refractivity (Wildman–Crippen MR) is 154 cm³/mol. The van der Waals surface area contributed by atoms with Crippen LogP contribution in [0.25, 0.3) is 0 Å². The van der Waals surface area contributed by atoms with Gasteiger partial charge in [0.1, 0.15) is 24.4 Å². The van der Waals surface area contributed by atoms with Crippen LogP contribution in [0.3, 0.4) is 0 Å². The number of carbonyl (C=O) groups is 5. The van der Waals surface area contributed by atoms with E-state index in [0.29, 0.717) is 5.75 Å². The molecule has 0 aromatic heterocycles. The Morgan fingerprint density at radius 1 is 0.889 bits per heavy atom. The lowest BCUT2D eigenvalue weighted by Gasteiger charge is -2.27. The van der Waals surface area contributed by atoms with Crippen LogP contribution in [0.5, 0.6) is 5.75 Å². The minimum Gasteiger partial charge on any atom is -0.497 e. The number of nitrogens with one attached hydrogen (secondary N) is 3. The molecule has 3 N–H and O–H groups in total. The summed E-state index contributed by atoms with van der Waals surface area (Å²) in [6.45, 7) is 1.81. The Bertz CT molecular complexity index is 1420. The largest absolute Gasteiger partial charge is 0.497 e. The molecule has 246 valence electrons. The van der Waals surface area contributed by atoms with Crippen molar-refractivity contribution in [2.24, 2.45) is 11.8 Å². The van der Waals surface area contributed by atoms with Crippen molar-refractivity contribution in [2.75, 3.05) is 13.7 Å². The second-order valence-corrected chi connectivity index (χ2v) is 11.1. The van der Waals surface area contributed by atoms with Crippen molar-refractivity contribution < 1.29 is 50.7 Å². The Hall–Kier alpha value is -3.78. The summed E-state index contributed by atoms with van der Waals surface area (Å²) in [5.41, 5.74) is 0.111. The number of methoxy groups -OCH3 is 1. The van der Waals surface area contributed by atoms with E-state index in [9.17, 15) is 45.9 Å². The van der Waals surface area contributed by atoms with E-state index in [0.717, 1.165) is 5.32 Å². The third kappa shape index (κ3) is 10.4. The van der Waals surface area contributed by atoms with Crippen molar-refractivity contribution in [3.8, 4) is 5.75 Å². The summed E-state index contributed by atoms with van der Waals surface area (Å²) in [5, 5.41) is 6.06. The van der Waals surface area contributed by atoms with E-state index in [2.05, 4.69) is 10.6 Å². The number of rotatable bonds is 14. The molecule has 9 nitrogen and oxygen atoms in total. The van der Waals surface area contributed by atoms with Crippen molar-refractivity contribution in [2.45, 2.75) is 51.4 Å². The molecular weight excluding hydrogens is 652 g/mol. The number of hydrogen-bond acceptors (Lipinski definition) is 6. The van der Waals surface area contributed by atoms with Gasteiger partial charge in [0.2, 0.25) is 11.7 Å². The summed E-state index contributed by atoms with van der Waals surface area (Å²) in [6, 6.07) is 6.94. The van der Waals surface area contributed by atoms with Gasteiger partial charge in [-0.25, -0.2) is 0 Å². The number of amides is 3. The zero-order valence-electron chi connectivity index (χ0n) is 24.4. The average molecular weight is 682 g/mol. The molecule has 2 aromatic rings. The van der Waals surface area contributed by atoms with E-state index in [1.807, 2.05) is 0 Å². The third-order valence-electron chi connectivity index (χ3n) is 6.58.